The summed E-state index contributed by atoms with van der Waals surface area (Å²) in [4.78, 5) is 2.57. The fraction of sp³-hybridized carbons (Fsp3) is 0.684. The normalized spacial score (nSPS) is 24.3. The van der Waals surface area contributed by atoms with Crippen molar-refractivity contribution in [1.29, 1.82) is 0 Å². The van der Waals surface area contributed by atoms with Gasteiger partial charge < -0.3 is 10.2 Å². The van der Waals surface area contributed by atoms with E-state index >= 15 is 0 Å². The summed E-state index contributed by atoms with van der Waals surface area (Å²) in [5, 5.41) is 3.51. The lowest BCUT2D eigenvalue weighted by atomic mass is 9.86. The van der Waals surface area contributed by atoms with Crippen molar-refractivity contribution in [2.45, 2.75) is 58.5 Å². The largest absolute Gasteiger partial charge is 0.312 e. The molecule has 0 aliphatic heterocycles. The van der Waals surface area contributed by atoms with Crippen LogP contribution in [0, 0.1) is 19.8 Å². The number of hydrogen-bond acceptors (Lipinski definition) is 2. The molecule has 1 aromatic carbocycles. The lowest BCUT2D eigenvalue weighted by Crippen LogP contribution is -2.40. The standard InChI is InChI=1S/C19H32N2/c1-14-6-8-18(9-7-14)21(5)13-19(20-4)17-11-15(2)10-16(3)12-17/h10-12,14,18-20H,6-9,13H2,1-5H3. The number of rotatable bonds is 5. The maximum Gasteiger partial charge on any atom is 0.0447 e. The number of hydrogen-bond donors (Lipinski definition) is 1. The summed E-state index contributed by atoms with van der Waals surface area (Å²) < 4.78 is 0. The molecule has 1 fully saturated rings. The van der Waals surface area contributed by atoms with Crippen molar-refractivity contribution in [3.8, 4) is 0 Å². The molecule has 2 nitrogen and oxygen atoms in total. The Kier molecular flexibility index (Phi) is 5.83. The van der Waals surface area contributed by atoms with E-state index in [9.17, 15) is 0 Å². The van der Waals surface area contributed by atoms with Crippen LogP contribution in [0.5, 0.6) is 0 Å². The van der Waals surface area contributed by atoms with Gasteiger partial charge in [0.15, 0.2) is 0 Å². The average molecular weight is 288 g/mol. The van der Waals surface area contributed by atoms with Gasteiger partial charge in [0.2, 0.25) is 0 Å². The molecule has 1 atom stereocenters. The number of benzene rings is 1. The number of aryl methyl sites for hydroxylation is 2. The van der Waals surface area contributed by atoms with Crippen LogP contribution in [0.15, 0.2) is 18.2 Å². The van der Waals surface area contributed by atoms with E-state index in [2.05, 4.69) is 63.3 Å². The predicted octanol–water partition coefficient (Wildman–Crippen LogP) is 4.07. The molecule has 1 N–H and O–H groups in total. The van der Waals surface area contributed by atoms with Crippen molar-refractivity contribution in [2.24, 2.45) is 5.92 Å². The molecular weight excluding hydrogens is 256 g/mol. The molecule has 0 heterocycles. The number of likely N-dealkylation sites (N-methyl/N-ethyl adjacent to an activating group) is 2. The van der Waals surface area contributed by atoms with Crippen molar-refractivity contribution >= 4 is 0 Å². The molecule has 0 saturated heterocycles. The smallest absolute Gasteiger partial charge is 0.0447 e. The van der Waals surface area contributed by atoms with Crippen LogP contribution < -0.4 is 5.32 Å². The van der Waals surface area contributed by atoms with Crippen molar-refractivity contribution in [3.05, 3.63) is 34.9 Å². The second kappa shape index (κ2) is 7.42. The van der Waals surface area contributed by atoms with E-state index < -0.39 is 0 Å². The van der Waals surface area contributed by atoms with E-state index in [1.54, 1.807) is 0 Å². The van der Waals surface area contributed by atoms with Crippen LogP contribution in [0.4, 0.5) is 0 Å². The molecule has 0 radical (unpaired) electrons. The Hall–Kier alpha value is -0.860. The minimum atomic E-state index is 0.424. The maximum absolute atomic E-state index is 3.51. The molecule has 0 amide bonds. The average Bonchev–Trinajstić information content (AvgIpc) is 2.44. The zero-order valence-electron chi connectivity index (χ0n) is 14.4. The minimum Gasteiger partial charge on any atom is -0.312 e. The molecule has 0 bridgehead atoms. The Bertz CT molecular complexity index is 427. The summed E-state index contributed by atoms with van der Waals surface area (Å²) >= 11 is 0. The Morgan fingerprint density at radius 3 is 2.19 bits per heavy atom. The van der Waals surface area contributed by atoms with Crippen LogP contribution in [0.3, 0.4) is 0 Å². The van der Waals surface area contributed by atoms with E-state index in [0.29, 0.717) is 6.04 Å². The zero-order valence-corrected chi connectivity index (χ0v) is 14.4. The van der Waals surface area contributed by atoms with Gasteiger partial charge in [-0.15, -0.1) is 0 Å². The quantitative estimate of drug-likeness (QED) is 0.878. The van der Waals surface area contributed by atoms with Gasteiger partial charge in [0.25, 0.3) is 0 Å². The third-order valence-corrected chi connectivity index (χ3v) is 5.07. The van der Waals surface area contributed by atoms with Crippen LogP contribution in [0.25, 0.3) is 0 Å². The Labute approximate surface area is 130 Å². The highest BCUT2D eigenvalue weighted by Gasteiger charge is 2.23. The first-order valence-electron chi connectivity index (χ1n) is 8.45. The maximum atomic E-state index is 3.51. The van der Waals surface area contributed by atoms with Crippen molar-refractivity contribution in [2.75, 3.05) is 20.6 Å². The summed E-state index contributed by atoms with van der Waals surface area (Å²) in [6.45, 7) is 7.87. The highest BCUT2D eigenvalue weighted by atomic mass is 15.1. The van der Waals surface area contributed by atoms with Crippen LogP contribution in [0.2, 0.25) is 0 Å². The predicted molar refractivity (Wildman–Crippen MR) is 91.8 cm³/mol. The number of nitrogens with one attached hydrogen (secondary N) is 1. The lowest BCUT2D eigenvalue weighted by Gasteiger charge is -2.35. The van der Waals surface area contributed by atoms with E-state index in [-0.39, 0.29) is 0 Å². The van der Waals surface area contributed by atoms with E-state index in [1.807, 2.05) is 0 Å². The highest BCUT2D eigenvalue weighted by molar-refractivity contribution is 5.30. The van der Waals surface area contributed by atoms with Crippen LogP contribution in [-0.2, 0) is 0 Å². The fourth-order valence-corrected chi connectivity index (χ4v) is 3.69. The highest BCUT2D eigenvalue weighted by Crippen LogP contribution is 2.27. The molecule has 2 rings (SSSR count). The molecule has 0 spiro atoms. The van der Waals surface area contributed by atoms with Crippen LogP contribution >= 0.6 is 0 Å². The van der Waals surface area contributed by atoms with Crippen molar-refractivity contribution in [1.82, 2.24) is 10.2 Å². The molecule has 1 saturated carbocycles. The third kappa shape index (κ3) is 4.55. The monoisotopic (exact) mass is 288 g/mol. The lowest BCUT2D eigenvalue weighted by molar-refractivity contribution is 0.158. The van der Waals surface area contributed by atoms with Gasteiger partial charge in [-0.05, 0) is 65.1 Å². The Balaban J connectivity index is 2.01. The van der Waals surface area contributed by atoms with Gasteiger partial charge in [-0.1, -0.05) is 36.2 Å². The summed E-state index contributed by atoms with van der Waals surface area (Å²) in [7, 11) is 4.38. The van der Waals surface area contributed by atoms with Gasteiger partial charge in [0, 0.05) is 18.6 Å². The first-order valence-corrected chi connectivity index (χ1v) is 8.45. The molecule has 1 aromatic rings. The Morgan fingerprint density at radius 1 is 1.10 bits per heavy atom. The van der Waals surface area contributed by atoms with Crippen LogP contribution in [0.1, 0.15) is 55.3 Å². The zero-order chi connectivity index (χ0) is 15.4. The van der Waals surface area contributed by atoms with Gasteiger partial charge in [-0.3, -0.25) is 0 Å². The second-order valence-electron chi connectivity index (χ2n) is 7.12. The summed E-state index contributed by atoms with van der Waals surface area (Å²) in [5.74, 6) is 0.925. The van der Waals surface area contributed by atoms with E-state index in [1.165, 1.54) is 42.4 Å². The van der Waals surface area contributed by atoms with Gasteiger partial charge in [0.05, 0.1) is 0 Å². The van der Waals surface area contributed by atoms with Gasteiger partial charge in [-0.2, -0.15) is 0 Å². The number of nitrogens with zero attached hydrogens (tertiary/aromatic N) is 1. The third-order valence-electron chi connectivity index (χ3n) is 5.07. The van der Waals surface area contributed by atoms with Crippen molar-refractivity contribution in [3.63, 3.8) is 0 Å². The minimum absolute atomic E-state index is 0.424. The molecule has 1 aliphatic carbocycles. The second-order valence-corrected chi connectivity index (χ2v) is 7.12. The SMILES string of the molecule is CNC(CN(C)C1CCC(C)CC1)c1cc(C)cc(C)c1. The first kappa shape index (κ1) is 16.5. The summed E-state index contributed by atoms with van der Waals surface area (Å²) in [5.41, 5.74) is 4.14. The molecule has 118 valence electrons. The Morgan fingerprint density at radius 2 is 1.67 bits per heavy atom. The molecule has 0 aromatic heterocycles. The van der Waals surface area contributed by atoms with E-state index in [0.717, 1.165) is 18.5 Å². The fourth-order valence-electron chi connectivity index (χ4n) is 3.69. The first-order chi connectivity index (χ1) is 9.99. The molecular formula is C19H32N2. The van der Waals surface area contributed by atoms with Gasteiger partial charge in [-0.25, -0.2) is 0 Å². The van der Waals surface area contributed by atoms with Gasteiger partial charge in [0.1, 0.15) is 0 Å². The van der Waals surface area contributed by atoms with Crippen LogP contribution in [-0.4, -0.2) is 31.6 Å². The topological polar surface area (TPSA) is 15.3 Å². The summed E-state index contributed by atoms with van der Waals surface area (Å²) in [6, 6.07) is 8.09. The van der Waals surface area contributed by atoms with E-state index in [4.69, 9.17) is 0 Å². The molecule has 1 unspecified atom stereocenters. The molecule has 1 aliphatic rings. The van der Waals surface area contributed by atoms with Crippen molar-refractivity contribution < 1.29 is 0 Å². The summed E-state index contributed by atoms with van der Waals surface area (Å²) in [6.07, 6.45) is 5.51. The molecule has 2 heteroatoms. The molecule has 21 heavy (non-hydrogen) atoms. The van der Waals surface area contributed by atoms with Gasteiger partial charge >= 0.3 is 0 Å².